The molecule has 1 aromatic carbocycles. The lowest BCUT2D eigenvalue weighted by atomic mass is 10.0. The fourth-order valence-electron chi connectivity index (χ4n) is 2.55. The number of likely N-dealkylation sites (N-methyl/N-ethyl adjacent to an activating group) is 1. The first kappa shape index (κ1) is 18.0. The van der Waals surface area contributed by atoms with Crippen molar-refractivity contribution in [2.24, 2.45) is 12.0 Å². The lowest BCUT2D eigenvalue weighted by molar-refractivity contribution is 0.298. The maximum atomic E-state index is 4.30. The van der Waals surface area contributed by atoms with Crippen molar-refractivity contribution in [2.45, 2.75) is 19.5 Å². The third kappa shape index (κ3) is 4.83. The number of nitrogens with zero attached hydrogens (tertiary/aromatic N) is 4. The summed E-state index contributed by atoms with van der Waals surface area (Å²) in [4.78, 5) is 6.52. The Labute approximate surface area is 144 Å². The highest BCUT2D eigenvalue weighted by Crippen LogP contribution is 2.17. The van der Waals surface area contributed by atoms with Crippen LogP contribution in [0.4, 0.5) is 0 Å². The number of hydrogen-bond donors (Lipinski definition) is 2. The van der Waals surface area contributed by atoms with Crippen molar-refractivity contribution in [3.8, 4) is 0 Å². The zero-order chi connectivity index (χ0) is 17.5. The molecular formula is C18H28N6. The maximum Gasteiger partial charge on any atom is 0.191 e. The molecular weight excluding hydrogens is 300 g/mol. The third-order valence-electron chi connectivity index (χ3n) is 4.13. The quantitative estimate of drug-likeness (QED) is 0.626. The van der Waals surface area contributed by atoms with Gasteiger partial charge in [0.05, 0.1) is 18.3 Å². The van der Waals surface area contributed by atoms with Gasteiger partial charge in [-0.25, -0.2) is 0 Å². The highest BCUT2D eigenvalue weighted by molar-refractivity contribution is 5.79. The first-order valence-corrected chi connectivity index (χ1v) is 8.15. The van der Waals surface area contributed by atoms with E-state index in [1.54, 1.807) is 13.2 Å². The summed E-state index contributed by atoms with van der Waals surface area (Å²) in [5.41, 5.74) is 3.68. The first-order chi connectivity index (χ1) is 11.5. The smallest absolute Gasteiger partial charge is 0.191 e. The molecule has 6 heteroatoms. The summed E-state index contributed by atoms with van der Waals surface area (Å²) in [6.07, 6.45) is 1.80. The summed E-state index contributed by atoms with van der Waals surface area (Å²) >= 11 is 0. The third-order valence-corrected chi connectivity index (χ3v) is 4.13. The predicted octanol–water partition coefficient (Wildman–Crippen LogP) is 1.70. The molecule has 0 saturated carbocycles. The van der Waals surface area contributed by atoms with Crippen LogP contribution in [0.5, 0.6) is 0 Å². The molecule has 0 bridgehead atoms. The molecule has 1 unspecified atom stereocenters. The number of aliphatic imine (C=N–C) groups is 1. The number of guanidine groups is 1. The molecule has 0 aliphatic carbocycles. The second kappa shape index (κ2) is 8.49. The van der Waals surface area contributed by atoms with E-state index in [0.29, 0.717) is 6.54 Å². The number of rotatable bonds is 6. The first-order valence-electron chi connectivity index (χ1n) is 8.15. The molecule has 0 fully saturated rings. The van der Waals surface area contributed by atoms with Gasteiger partial charge in [0, 0.05) is 26.8 Å². The molecule has 6 nitrogen and oxygen atoms in total. The van der Waals surface area contributed by atoms with E-state index in [9.17, 15) is 0 Å². The molecule has 0 aliphatic rings. The van der Waals surface area contributed by atoms with E-state index in [2.05, 4.69) is 70.9 Å². The van der Waals surface area contributed by atoms with E-state index < -0.39 is 0 Å². The van der Waals surface area contributed by atoms with Crippen molar-refractivity contribution in [3.05, 3.63) is 53.3 Å². The summed E-state index contributed by atoms with van der Waals surface area (Å²) in [5, 5.41) is 10.9. The number of aromatic nitrogens is 2. The minimum absolute atomic E-state index is 0.279. The molecule has 130 valence electrons. The zero-order valence-electron chi connectivity index (χ0n) is 15.2. The SMILES string of the molecule is CN=C(NCc1ccnn1C)NCC(c1ccc(C)cc1)N(C)C. The van der Waals surface area contributed by atoms with Gasteiger partial charge in [0.1, 0.15) is 0 Å². The van der Waals surface area contributed by atoms with Crippen LogP contribution < -0.4 is 10.6 Å². The molecule has 1 aromatic heterocycles. The van der Waals surface area contributed by atoms with Crippen LogP contribution in [0.3, 0.4) is 0 Å². The van der Waals surface area contributed by atoms with Gasteiger partial charge < -0.3 is 15.5 Å². The van der Waals surface area contributed by atoms with Crippen LogP contribution in [0.15, 0.2) is 41.5 Å². The van der Waals surface area contributed by atoms with E-state index >= 15 is 0 Å². The normalized spacial score (nSPS) is 13.2. The standard InChI is InChI=1S/C18H28N6/c1-14-6-8-15(9-7-14)17(23(3)4)13-21-18(19-2)20-12-16-10-11-22-24(16)5/h6-11,17H,12-13H2,1-5H3,(H2,19,20,21). The molecule has 2 N–H and O–H groups in total. The molecule has 0 amide bonds. The van der Waals surface area contributed by atoms with Crippen LogP contribution in [0.1, 0.15) is 22.9 Å². The molecule has 1 atom stereocenters. The zero-order valence-corrected chi connectivity index (χ0v) is 15.2. The Bertz CT molecular complexity index is 656. The Morgan fingerprint density at radius 1 is 1.21 bits per heavy atom. The second-order valence-electron chi connectivity index (χ2n) is 6.14. The molecule has 0 aliphatic heterocycles. The van der Waals surface area contributed by atoms with Crippen molar-refractivity contribution >= 4 is 5.96 Å². The van der Waals surface area contributed by atoms with Crippen molar-refractivity contribution < 1.29 is 0 Å². The Kier molecular flexibility index (Phi) is 6.37. The molecule has 0 saturated heterocycles. The van der Waals surface area contributed by atoms with Gasteiger partial charge in [-0.15, -0.1) is 0 Å². The van der Waals surface area contributed by atoms with Gasteiger partial charge in [0.2, 0.25) is 0 Å². The summed E-state index contributed by atoms with van der Waals surface area (Å²) in [7, 11) is 7.91. The van der Waals surface area contributed by atoms with Crippen LogP contribution in [-0.2, 0) is 13.6 Å². The van der Waals surface area contributed by atoms with E-state index in [-0.39, 0.29) is 6.04 Å². The van der Waals surface area contributed by atoms with Crippen LogP contribution in [-0.4, -0.2) is 48.3 Å². The molecule has 1 heterocycles. The molecule has 2 rings (SSSR count). The van der Waals surface area contributed by atoms with Crippen LogP contribution in [0.2, 0.25) is 0 Å². The molecule has 24 heavy (non-hydrogen) atoms. The van der Waals surface area contributed by atoms with Gasteiger partial charge in [-0.05, 0) is 32.6 Å². The van der Waals surface area contributed by atoms with Crippen molar-refractivity contribution in [1.82, 2.24) is 25.3 Å². The van der Waals surface area contributed by atoms with E-state index in [4.69, 9.17) is 0 Å². The summed E-state index contributed by atoms with van der Waals surface area (Å²) in [5.74, 6) is 0.787. The van der Waals surface area contributed by atoms with Gasteiger partial charge >= 0.3 is 0 Å². The fourth-order valence-corrected chi connectivity index (χ4v) is 2.55. The Balaban J connectivity index is 1.94. The lowest BCUT2D eigenvalue weighted by Gasteiger charge is -2.26. The molecule has 2 aromatic rings. The molecule has 0 radical (unpaired) electrons. The van der Waals surface area contributed by atoms with E-state index in [1.165, 1.54) is 11.1 Å². The van der Waals surface area contributed by atoms with E-state index in [0.717, 1.165) is 18.2 Å². The maximum absolute atomic E-state index is 4.30. The van der Waals surface area contributed by atoms with Crippen molar-refractivity contribution in [2.75, 3.05) is 27.7 Å². The Morgan fingerprint density at radius 2 is 1.92 bits per heavy atom. The van der Waals surface area contributed by atoms with Gasteiger partial charge in [-0.3, -0.25) is 9.67 Å². The van der Waals surface area contributed by atoms with Crippen LogP contribution in [0.25, 0.3) is 0 Å². The predicted molar refractivity (Wildman–Crippen MR) is 99.0 cm³/mol. The molecule has 0 spiro atoms. The summed E-state index contributed by atoms with van der Waals surface area (Å²) < 4.78 is 1.86. The van der Waals surface area contributed by atoms with Gasteiger partial charge in [0.15, 0.2) is 5.96 Å². The van der Waals surface area contributed by atoms with Gasteiger partial charge in [-0.1, -0.05) is 29.8 Å². The minimum atomic E-state index is 0.279. The van der Waals surface area contributed by atoms with Crippen molar-refractivity contribution in [3.63, 3.8) is 0 Å². The van der Waals surface area contributed by atoms with Gasteiger partial charge in [-0.2, -0.15) is 5.10 Å². The van der Waals surface area contributed by atoms with Crippen LogP contribution >= 0.6 is 0 Å². The monoisotopic (exact) mass is 328 g/mol. The second-order valence-corrected chi connectivity index (χ2v) is 6.14. The lowest BCUT2D eigenvalue weighted by Crippen LogP contribution is -2.41. The minimum Gasteiger partial charge on any atom is -0.354 e. The topological polar surface area (TPSA) is 57.5 Å². The van der Waals surface area contributed by atoms with E-state index in [1.807, 2.05) is 17.8 Å². The van der Waals surface area contributed by atoms with Crippen molar-refractivity contribution in [1.29, 1.82) is 0 Å². The Morgan fingerprint density at radius 3 is 2.46 bits per heavy atom. The fraction of sp³-hybridized carbons (Fsp3) is 0.444. The number of aryl methyl sites for hydroxylation is 2. The number of benzene rings is 1. The summed E-state index contributed by atoms with van der Waals surface area (Å²) in [6.45, 7) is 3.57. The van der Waals surface area contributed by atoms with Crippen LogP contribution in [0, 0.1) is 6.92 Å². The Hall–Kier alpha value is -2.34. The number of hydrogen-bond acceptors (Lipinski definition) is 3. The largest absolute Gasteiger partial charge is 0.354 e. The number of nitrogens with one attached hydrogen (secondary N) is 2. The average Bonchev–Trinajstić information content (AvgIpc) is 2.97. The van der Waals surface area contributed by atoms with Gasteiger partial charge in [0.25, 0.3) is 0 Å². The highest BCUT2D eigenvalue weighted by Gasteiger charge is 2.14. The average molecular weight is 328 g/mol. The summed E-state index contributed by atoms with van der Waals surface area (Å²) in [6, 6.07) is 11.0. The highest BCUT2D eigenvalue weighted by atomic mass is 15.3.